The molecule has 16 heteroatoms. The molecule has 0 saturated carbocycles. The predicted octanol–water partition coefficient (Wildman–Crippen LogP) is -0.194. The Hall–Kier alpha value is -3.66. The maximum atomic E-state index is 11.4. The first-order valence-corrected chi connectivity index (χ1v) is 6.68. The lowest BCUT2D eigenvalue weighted by molar-refractivity contribution is -0.497. The number of nitro benzene ring substituents is 3. The van der Waals surface area contributed by atoms with Crippen molar-refractivity contribution in [2.45, 2.75) is 0 Å². The molecule has 142 valence electrons. The largest absolute Gasteiger partial charge is 0.395 e. The van der Waals surface area contributed by atoms with Crippen LogP contribution in [0.25, 0.3) is 0 Å². The minimum atomic E-state index is -1.30. The van der Waals surface area contributed by atoms with Crippen LogP contribution in [0.15, 0.2) is 6.07 Å². The standard InChI is InChI=1S/C10H12N6O10/c17-3-1-11-8-6(13(19)20)5-7(14(21)22)9(10(8)15(23)24)12(2-4-18)16(25)26/h5,11,17-18H,1-4H2. The summed E-state index contributed by atoms with van der Waals surface area (Å²) < 4.78 is 0. The molecule has 0 radical (unpaired) electrons. The van der Waals surface area contributed by atoms with Crippen LogP contribution in [-0.2, 0) is 0 Å². The molecule has 1 aromatic rings. The van der Waals surface area contributed by atoms with Crippen molar-refractivity contribution in [2.24, 2.45) is 0 Å². The maximum Gasteiger partial charge on any atom is 0.335 e. The number of anilines is 2. The molecule has 0 aromatic heterocycles. The molecule has 1 aromatic carbocycles. The van der Waals surface area contributed by atoms with Gasteiger partial charge in [-0.25, -0.2) is 10.1 Å². The van der Waals surface area contributed by atoms with Gasteiger partial charge in [0.25, 0.3) is 5.69 Å². The molecule has 0 aliphatic rings. The van der Waals surface area contributed by atoms with E-state index >= 15 is 0 Å². The van der Waals surface area contributed by atoms with Crippen molar-refractivity contribution in [2.75, 3.05) is 36.6 Å². The SMILES string of the molecule is O=[N+]([O-])c1cc([N+](=O)[O-])c(N(CCO)[N+](=O)[O-])c([N+](=O)[O-])c1NCCO. The van der Waals surface area contributed by atoms with Crippen LogP contribution < -0.4 is 10.3 Å². The van der Waals surface area contributed by atoms with E-state index in [9.17, 15) is 40.5 Å². The number of nitrogens with zero attached hydrogens (tertiary/aromatic N) is 5. The molecule has 0 fully saturated rings. The van der Waals surface area contributed by atoms with Gasteiger partial charge in [-0.15, -0.1) is 0 Å². The Labute approximate surface area is 142 Å². The van der Waals surface area contributed by atoms with Crippen molar-refractivity contribution < 1.29 is 30.0 Å². The summed E-state index contributed by atoms with van der Waals surface area (Å²) in [7, 11) is 0. The van der Waals surface area contributed by atoms with E-state index in [2.05, 4.69) is 5.32 Å². The number of rotatable bonds is 10. The van der Waals surface area contributed by atoms with Crippen molar-refractivity contribution >= 4 is 28.4 Å². The van der Waals surface area contributed by atoms with Gasteiger partial charge in [-0.05, 0) is 0 Å². The summed E-state index contributed by atoms with van der Waals surface area (Å²) in [5.41, 5.74) is -5.63. The van der Waals surface area contributed by atoms with Gasteiger partial charge in [-0.3, -0.25) is 30.3 Å². The quantitative estimate of drug-likeness (QED) is 0.356. The molecule has 0 atom stereocenters. The minimum absolute atomic E-state index is 0.0515. The van der Waals surface area contributed by atoms with E-state index in [0.717, 1.165) is 0 Å². The average Bonchev–Trinajstić information content (AvgIpc) is 2.55. The monoisotopic (exact) mass is 376 g/mol. The highest BCUT2D eigenvalue weighted by Crippen LogP contribution is 2.48. The van der Waals surface area contributed by atoms with Gasteiger partial charge in [0.05, 0.1) is 34.1 Å². The molecule has 1 rings (SSSR count). The molecule has 0 heterocycles. The molecule has 0 unspecified atom stereocenters. The number of aliphatic hydroxyl groups excluding tert-OH is 2. The van der Waals surface area contributed by atoms with Crippen LogP contribution in [-0.4, -0.2) is 56.3 Å². The summed E-state index contributed by atoms with van der Waals surface area (Å²) in [6, 6.07) is 0.329. The lowest BCUT2D eigenvalue weighted by Crippen LogP contribution is -2.34. The van der Waals surface area contributed by atoms with E-state index in [1.54, 1.807) is 0 Å². The molecule has 16 nitrogen and oxygen atoms in total. The highest BCUT2D eigenvalue weighted by molar-refractivity contribution is 5.90. The Balaban J connectivity index is 3.99. The van der Waals surface area contributed by atoms with E-state index in [4.69, 9.17) is 10.2 Å². The van der Waals surface area contributed by atoms with Crippen molar-refractivity contribution in [1.29, 1.82) is 0 Å². The van der Waals surface area contributed by atoms with Gasteiger partial charge in [0, 0.05) is 6.54 Å². The summed E-state index contributed by atoms with van der Waals surface area (Å²) >= 11 is 0. The number of hydrogen-bond donors (Lipinski definition) is 3. The van der Waals surface area contributed by atoms with Gasteiger partial charge in [-0.2, -0.15) is 0 Å². The van der Waals surface area contributed by atoms with Crippen molar-refractivity contribution in [3.05, 3.63) is 46.5 Å². The number of hydrazine groups is 1. The molecule has 0 amide bonds. The molecular weight excluding hydrogens is 364 g/mol. The van der Waals surface area contributed by atoms with Crippen LogP contribution in [0.2, 0.25) is 0 Å². The Morgan fingerprint density at radius 2 is 1.50 bits per heavy atom. The molecular formula is C10H12N6O10. The van der Waals surface area contributed by atoms with Crippen LogP contribution in [0.3, 0.4) is 0 Å². The highest BCUT2D eigenvalue weighted by Gasteiger charge is 2.43. The fourth-order valence-electron chi connectivity index (χ4n) is 2.07. The first kappa shape index (κ1) is 20.4. The van der Waals surface area contributed by atoms with E-state index in [1.807, 2.05) is 0 Å². The Morgan fingerprint density at radius 3 is 1.88 bits per heavy atom. The summed E-state index contributed by atoms with van der Waals surface area (Å²) in [4.78, 5) is 41.3. The second-order valence-electron chi connectivity index (χ2n) is 4.49. The van der Waals surface area contributed by atoms with Gasteiger partial charge in [0.2, 0.25) is 0 Å². The van der Waals surface area contributed by atoms with Crippen LogP contribution in [0.4, 0.5) is 28.4 Å². The van der Waals surface area contributed by atoms with Crippen molar-refractivity contribution in [3.63, 3.8) is 0 Å². The summed E-state index contributed by atoms with van der Waals surface area (Å²) in [5.74, 6) is 0. The number of aliphatic hydroxyl groups is 2. The van der Waals surface area contributed by atoms with Crippen LogP contribution in [0, 0.1) is 40.5 Å². The lowest BCUT2D eigenvalue weighted by atomic mass is 10.1. The Morgan fingerprint density at radius 1 is 0.923 bits per heavy atom. The normalized spacial score (nSPS) is 10.2. The third kappa shape index (κ3) is 4.05. The van der Waals surface area contributed by atoms with Gasteiger partial charge >= 0.3 is 17.1 Å². The zero-order valence-corrected chi connectivity index (χ0v) is 12.8. The molecule has 0 bridgehead atoms. The molecule has 0 aliphatic carbocycles. The maximum absolute atomic E-state index is 11.4. The average molecular weight is 376 g/mol. The minimum Gasteiger partial charge on any atom is -0.395 e. The van der Waals surface area contributed by atoms with Gasteiger partial charge in [0.1, 0.15) is 6.54 Å². The van der Waals surface area contributed by atoms with Crippen LogP contribution >= 0.6 is 0 Å². The first-order valence-electron chi connectivity index (χ1n) is 6.68. The van der Waals surface area contributed by atoms with Crippen molar-refractivity contribution in [3.8, 4) is 0 Å². The van der Waals surface area contributed by atoms with Gasteiger partial charge in [0.15, 0.2) is 10.7 Å². The summed E-state index contributed by atoms with van der Waals surface area (Å²) in [5, 5.41) is 63.6. The number of nitro groups is 4. The molecule has 0 spiro atoms. The predicted molar refractivity (Wildman–Crippen MR) is 83.4 cm³/mol. The first-order chi connectivity index (χ1) is 12.2. The molecule has 0 saturated heterocycles. The highest BCUT2D eigenvalue weighted by atomic mass is 16.7. The van der Waals surface area contributed by atoms with E-state index in [-0.39, 0.29) is 5.01 Å². The second-order valence-corrected chi connectivity index (χ2v) is 4.49. The number of nitrogens with one attached hydrogen (secondary N) is 1. The number of hydrogen-bond acceptors (Lipinski definition) is 11. The fraction of sp³-hybridized carbons (Fsp3) is 0.400. The lowest BCUT2D eigenvalue weighted by Gasteiger charge is -2.15. The summed E-state index contributed by atoms with van der Waals surface area (Å²) in [6.07, 6.45) is 0. The zero-order valence-electron chi connectivity index (χ0n) is 12.8. The van der Waals surface area contributed by atoms with Gasteiger partial charge < -0.3 is 15.5 Å². The van der Waals surface area contributed by atoms with Crippen molar-refractivity contribution in [1.82, 2.24) is 0 Å². The molecule has 3 N–H and O–H groups in total. The zero-order chi connectivity index (χ0) is 20.0. The van der Waals surface area contributed by atoms with E-state index < -0.39 is 74.5 Å². The summed E-state index contributed by atoms with van der Waals surface area (Å²) in [6.45, 7) is -2.74. The van der Waals surface area contributed by atoms with E-state index in [0.29, 0.717) is 6.07 Å². The smallest absolute Gasteiger partial charge is 0.335 e. The third-order valence-electron chi connectivity index (χ3n) is 2.99. The Bertz CT molecular complexity index is 752. The Kier molecular flexibility index (Phi) is 6.62. The second kappa shape index (κ2) is 8.44. The third-order valence-corrected chi connectivity index (χ3v) is 2.99. The van der Waals surface area contributed by atoms with Gasteiger partial charge in [-0.1, -0.05) is 5.01 Å². The molecule has 26 heavy (non-hydrogen) atoms. The van der Waals surface area contributed by atoms with E-state index in [1.165, 1.54) is 0 Å². The van der Waals surface area contributed by atoms with Crippen LogP contribution in [0.1, 0.15) is 0 Å². The molecule has 0 aliphatic heterocycles. The number of benzene rings is 1. The topological polar surface area (TPSA) is 228 Å². The van der Waals surface area contributed by atoms with Crippen LogP contribution in [0.5, 0.6) is 0 Å². The fourth-order valence-corrected chi connectivity index (χ4v) is 2.07.